The number of rotatable bonds is 4. The van der Waals surface area contributed by atoms with E-state index in [-0.39, 0.29) is 28.6 Å². The molecule has 2 heterocycles. The molecule has 10 heteroatoms. The summed E-state index contributed by atoms with van der Waals surface area (Å²) in [6, 6.07) is 10.4. The van der Waals surface area contributed by atoms with Crippen LogP contribution in [0.2, 0.25) is 0 Å². The summed E-state index contributed by atoms with van der Waals surface area (Å²) in [7, 11) is -4.18. The van der Waals surface area contributed by atoms with Crippen molar-refractivity contribution >= 4 is 27.3 Å². The van der Waals surface area contributed by atoms with Crippen LogP contribution in [0.3, 0.4) is 0 Å². The van der Waals surface area contributed by atoms with E-state index in [9.17, 15) is 26.4 Å². The van der Waals surface area contributed by atoms with E-state index in [0.717, 1.165) is 12.1 Å². The fourth-order valence-electron chi connectivity index (χ4n) is 3.25. The molecule has 0 saturated heterocycles. The maximum absolute atomic E-state index is 13.2. The average molecular weight is 435 g/mol. The van der Waals surface area contributed by atoms with Crippen LogP contribution in [0.1, 0.15) is 17.5 Å². The Hall–Kier alpha value is -3.27. The van der Waals surface area contributed by atoms with Gasteiger partial charge in [-0.15, -0.1) is 0 Å². The maximum atomic E-state index is 13.2. The van der Waals surface area contributed by atoms with Crippen LogP contribution in [0, 0.1) is 0 Å². The Labute approximate surface area is 170 Å². The Morgan fingerprint density at radius 3 is 2.43 bits per heavy atom. The third kappa shape index (κ3) is 3.90. The Balaban J connectivity index is 1.74. The van der Waals surface area contributed by atoms with Gasteiger partial charge in [0.1, 0.15) is 0 Å². The monoisotopic (exact) mass is 435 g/mol. The molecule has 2 N–H and O–H groups in total. The van der Waals surface area contributed by atoms with Crippen molar-refractivity contribution in [3.63, 3.8) is 0 Å². The minimum absolute atomic E-state index is 0.103. The van der Waals surface area contributed by atoms with Crippen molar-refractivity contribution in [3.8, 4) is 5.69 Å². The van der Waals surface area contributed by atoms with Crippen molar-refractivity contribution in [2.45, 2.75) is 23.9 Å². The lowest BCUT2D eigenvalue weighted by atomic mass is 10.0. The molecule has 1 amide bonds. The molecule has 0 bridgehead atoms. The van der Waals surface area contributed by atoms with Crippen LogP contribution in [0.4, 0.5) is 24.5 Å². The van der Waals surface area contributed by atoms with Gasteiger partial charge in [0.25, 0.3) is 10.0 Å². The highest BCUT2D eigenvalue weighted by Crippen LogP contribution is 2.35. The number of amides is 1. The molecule has 1 aliphatic rings. The van der Waals surface area contributed by atoms with Crippen molar-refractivity contribution in [3.05, 3.63) is 72.1 Å². The zero-order valence-electron chi connectivity index (χ0n) is 15.4. The summed E-state index contributed by atoms with van der Waals surface area (Å²) in [6.07, 6.45) is -0.818. The summed E-state index contributed by atoms with van der Waals surface area (Å²) in [5.74, 6) is -0.156. The first kappa shape index (κ1) is 20.0. The normalized spacial score (nSPS) is 14.2. The van der Waals surface area contributed by atoms with Gasteiger partial charge in [-0.2, -0.15) is 13.2 Å². The molecule has 1 aromatic heterocycles. The number of anilines is 2. The van der Waals surface area contributed by atoms with Crippen molar-refractivity contribution in [2.24, 2.45) is 0 Å². The zero-order chi connectivity index (χ0) is 21.5. The Morgan fingerprint density at radius 2 is 1.73 bits per heavy atom. The Bertz CT molecular complexity index is 1220. The molecule has 0 atom stereocenters. The van der Waals surface area contributed by atoms with Crippen LogP contribution in [0.25, 0.3) is 5.69 Å². The molecule has 0 radical (unpaired) electrons. The Kier molecular flexibility index (Phi) is 4.81. The van der Waals surface area contributed by atoms with E-state index in [1.54, 1.807) is 24.5 Å². The van der Waals surface area contributed by atoms with E-state index in [0.29, 0.717) is 17.7 Å². The first-order valence-corrected chi connectivity index (χ1v) is 10.4. The number of carbonyl (C=O) groups excluding carboxylic acids is 1. The topological polar surface area (TPSA) is 80.2 Å². The summed E-state index contributed by atoms with van der Waals surface area (Å²) in [4.78, 5) is 11.4. The highest BCUT2D eigenvalue weighted by atomic mass is 32.2. The summed E-state index contributed by atoms with van der Waals surface area (Å²) in [6.45, 7) is 0. The van der Waals surface area contributed by atoms with Crippen LogP contribution in [-0.2, 0) is 27.4 Å². The lowest BCUT2D eigenvalue weighted by Crippen LogP contribution is -2.20. The van der Waals surface area contributed by atoms with Gasteiger partial charge in [-0.1, -0.05) is 0 Å². The average Bonchev–Trinajstić information content (AvgIpc) is 3.21. The summed E-state index contributed by atoms with van der Waals surface area (Å²) < 4.78 is 69.3. The molecule has 30 heavy (non-hydrogen) atoms. The summed E-state index contributed by atoms with van der Waals surface area (Å²) >= 11 is 0. The van der Waals surface area contributed by atoms with Gasteiger partial charge in [0.05, 0.1) is 21.8 Å². The second kappa shape index (κ2) is 7.21. The lowest BCUT2D eigenvalue weighted by Gasteiger charge is -2.19. The number of nitrogens with one attached hydrogen (secondary N) is 2. The SMILES string of the molecule is O=C1CCc2cc(S(=O)(=O)Nc3cc(C(F)(F)F)ccc3-n3cccc3)ccc2N1. The van der Waals surface area contributed by atoms with Gasteiger partial charge in [-0.25, -0.2) is 8.42 Å². The zero-order valence-corrected chi connectivity index (χ0v) is 16.2. The first-order chi connectivity index (χ1) is 14.1. The minimum Gasteiger partial charge on any atom is -0.326 e. The maximum Gasteiger partial charge on any atom is 0.416 e. The number of carbonyl (C=O) groups is 1. The van der Waals surface area contributed by atoms with Crippen molar-refractivity contribution in [1.29, 1.82) is 0 Å². The number of hydrogen-bond acceptors (Lipinski definition) is 3. The van der Waals surface area contributed by atoms with Crippen LogP contribution < -0.4 is 10.0 Å². The number of aromatic nitrogens is 1. The van der Waals surface area contributed by atoms with Crippen molar-refractivity contribution < 1.29 is 26.4 Å². The molecule has 0 saturated carbocycles. The van der Waals surface area contributed by atoms with E-state index in [2.05, 4.69) is 10.0 Å². The smallest absolute Gasteiger partial charge is 0.326 e. The van der Waals surface area contributed by atoms with E-state index >= 15 is 0 Å². The highest BCUT2D eigenvalue weighted by Gasteiger charge is 2.32. The van der Waals surface area contributed by atoms with Gasteiger partial charge in [0.15, 0.2) is 0 Å². The molecular formula is C20H16F3N3O3S. The van der Waals surface area contributed by atoms with Gasteiger partial charge in [0.2, 0.25) is 5.91 Å². The fraction of sp³-hybridized carbons (Fsp3) is 0.150. The molecule has 0 spiro atoms. The van der Waals surface area contributed by atoms with Gasteiger partial charge in [-0.3, -0.25) is 9.52 Å². The number of halogens is 3. The molecule has 4 rings (SSSR count). The van der Waals surface area contributed by atoms with Crippen molar-refractivity contribution in [1.82, 2.24) is 4.57 Å². The van der Waals surface area contributed by atoms with E-state index in [1.807, 2.05) is 0 Å². The first-order valence-electron chi connectivity index (χ1n) is 8.94. The summed E-state index contributed by atoms with van der Waals surface area (Å²) in [5, 5.41) is 2.66. The van der Waals surface area contributed by atoms with E-state index < -0.39 is 21.8 Å². The number of fused-ring (bicyclic) bond motifs is 1. The number of aryl methyl sites for hydroxylation is 1. The molecule has 156 valence electrons. The van der Waals surface area contributed by atoms with Gasteiger partial charge >= 0.3 is 6.18 Å². The second-order valence-electron chi connectivity index (χ2n) is 6.79. The van der Waals surface area contributed by atoms with Crippen LogP contribution in [0.15, 0.2) is 65.8 Å². The van der Waals surface area contributed by atoms with Gasteiger partial charge < -0.3 is 9.88 Å². The molecule has 3 aromatic rings. The summed E-state index contributed by atoms with van der Waals surface area (Å²) in [5.41, 5.74) is 0.252. The standard InChI is InChI=1S/C20H16F3N3O3S/c21-20(22,23)14-4-7-18(26-9-1-2-10-26)17(12-14)25-30(28,29)15-5-6-16-13(11-15)3-8-19(27)24-16/h1-2,4-7,9-12,25H,3,8H2,(H,24,27). The molecule has 0 fully saturated rings. The predicted molar refractivity (Wildman–Crippen MR) is 105 cm³/mol. The second-order valence-corrected chi connectivity index (χ2v) is 8.48. The Morgan fingerprint density at radius 1 is 1.00 bits per heavy atom. The third-order valence-corrected chi connectivity index (χ3v) is 6.10. The largest absolute Gasteiger partial charge is 0.416 e. The van der Waals surface area contributed by atoms with Gasteiger partial charge in [-0.05, 0) is 60.5 Å². The third-order valence-electron chi connectivity index (χ3n) is 4.73. The van der Waals surface area contributed by atoms with Crippen LogP contribution in [0.5, 0.6) is 0 Å². The van der Waals surface area contributed by atoms with E-state index in [1.165, 1.54) is 28.8 Å². The van der Waals surface area contributed by atoms with Crippen LogP contribution >= 0.6 is 0 Å². The van der Waals surface area contributed by atoms with Gasteiger partial charge in [0, 0.05) is 24.5 Å². The number of hydrogen-bond donors (Lipinski definition) is 2. The highest BCUT2D eigenvalue weighted by molar-refractivity contribution is 7.92. The van der Waals surface area contributed by atoms with Crippen molar-refractivity contribution in [2.75, 3.05) is 10.0 Å². The molecule has 6 nitrogen and oxygen atoms in total. The predicted octanol–water partition coefficient (Wildman–Crippen LogP) is 4.18. The quantitative estimate of drug-likeness (QED) is 0.645. The molecule has 2 aromatic carbocycles. The lowest BCUT2D eigenvalue weighted by molar-refractivity contribution is -0.137. The number of nitrogens with zero attached hydrogens (tertiary/aromatic N) is 1. The molecule has 0 aliphatic carbocycles. The minimum atomic E-state index is -4.63. The number of alkyl halides is 3. The molecule has 0 unspecified atom stereocenters. The number of sulfonamides is 1. The van der Waals surface area contributed by atoms with E-state index in [4.69, 9.17) is 0 Å². The molecule has 1 aliphatic heterocycles. The molecular weight excluding hydrogens is 419 g/mol. The fourth-order valence-corrected chi connectivity index (χ4v) is 4.36. The van der Waals surface area contributed by atoms with Crippen LogP contribution in [-0.4, -0.2) is 18.9 Å². The number of benzene rings is 2.